The molecule has 0 aliphatic carbocycles. The Kier molecular flexibility index (Phi) is 3.22. The van der Waals surface area contributed by atoms with E-state index in [9.17, 15) is 4.79 Å². The van der Waals surface area contributed by atoms with Gasteiger partial charge in [0.2, 0.25) is 0 Å². The second-order valence-corrected chi connectivity index (χ2v) is 2.99. The summed E-state index contributed by atoms with van der Waals surface area (Å²) in [7, 11) is -1.44. The highest BCUT2D eigenvalue weighted by Gasteiger charge is 2.09. The lowest BCUT2D eigenvalue weighted by atomic mass is 9.80. The van der Waals surface area contributed by atoms with Gasteiger partial charge in [0.05, 0.1) is 0 Å². The lowest BCUT2D eigenvalue weighted by molar-refractivity contribution is -0.116. The summed E-state index contributed by atoms with van der Waals surface area (Å²) in [5, 5.41) is 17.6. The van der Waals surface area contributed by atoms with Crippen LogP contribution in [0.3, 0.4) is 0 Å². The molecule has 1 rings (SSSR count). The van der Waals surface area contributed by atoms with Crippen molar-refractivity contribution in [3.8, 4) is 0 Å². The molecule has 4 heteroatoms. The van der Waals surface area contributed by atoms with Gasteiger partial charge in [-0.3, -0.25) is 4.79 Å². The first kappa shape index (κ1) is 9.96. The largest absolute Gasteiger partial charge is 0.488 e. The summed E-state index contributed by atoms with van der Waals surface area (Å²) >= 11 is 0. The van der Waals surface area contributed by atoms with E-state index in [0.717, 1.165) is 5.56 Å². The molecule has 0 spiro atoms. The molecule has 2 N–H and O–H groups in total. The first-order chi connectivity index (χ1) is 6.09. The Morgan fingerprint density at radius 3 is 2.23 bits per heavy atom. The molecule has 68 valence electrons. The summed E-state index contributed by atoms with van der Waals surface area (Å²) in [5.74, 6) is 0.0947. The Labute approximate surface area is 77.2 Å². The highest BCUT2D eigenvalue weighted by molar-refractivity contribution is 6.58. The van der Waals surface area contributed by atoms with Crippen LogP contribution in [0.5, 0.6) is 0 Å². The Hall–Kier alpha value is -1.13. The minimum atomic E-state index is -1.44. The van der Waals surface area contributed by atoms with Gasteiger partial charge in [0.15, 0.2) is 0 Å². The molecule has 3 nitrogen and oxygen atoms in total. The average Bonchev–Trinajstić information content (AvgIpc) is 2.04. The predicted octanol–water partition coefficient (Wildman–Crippen LogP) is -0.502. The number of hydrogen-bond acceptors (Lipinski definition) is 3. The smallest absolute Gasteiger partial charge is 0.423 e. The normalized spacial score (nSPS) is 9.77. The second kappa shape index (κ2) is 4.21. The molecule has 0 amide bonds. The maximum absolute atomic E-state index is 10.7. The number of ketones is 1. The lowest BCUT2D eigenvalue weighted by Crippen LogP contribution is -2.29. The van der Waals surface area contributed by atoms with E-state index in [-0.39, 0.29) is 5.78 Å². The molecule has 0 unspecified atom stereocenters. The summed E-state index contributed by atoms with van der Waals surface area (Å²) in [6.07, 6.45) is 0.391. The molecule has 0 fully saturated rings. The van der Waals surface area contributed by atoms with E-state index in [4.69, 9.17) is 10.0 Å². The van der Waals surface area contributed by atoms with Crippen molar-refractivity contribution in [3.63, 3.8) is 0 Å². The summed E-state index contributed by atoms with van der Waals surface area (Å²) in [5.41, 5.74) is 1.32. The molecule has 0 aliphatic rings. The number of benzene rings is 1. The average molecular weight is 178 g/mol. The Morgan fingerprint density at radius 1 is 1.31 bits per heavy atom. The van der Waals surface area contributed by atoms with Crippen LogP contribution >= 0.6 is 0 Å². The molecule has 0 radical (unpaired) electrons. The first-order valence-electron chi connectivity index (χ1n) is 4.04. The van der Waals surface area contributed by atoms with E-state index in [0.29, 0.717) is 11.9 Å². The third-order valence-corrected chi connectivity index (χ3v) is 1.73. The van der Waals surface area contributed by atoms with E-state index in [1.165, 1.54) is 6.92 Å². The summed E-state index contributed by atoms with van der Waals surface area (Å²) < 4.78 is 0. The van der Waals surface area contributed by atoms with Gasteiger partial charge in [0.1, 0.15) is 5.78 Å². The number of Topliss-reactive ketones (excluding diaryl/α,β-unsaturated/α-hetero) is 1. The topological polar surface area (TPSA) is 57.5 Å². The zero-order valence-electron chi connectivity index (χ0n) is 7.40. The highest BCUT2D eigenvalue weighted by Crippen LogP contribution is 1.98. The van der Waals surface area contributed by atoms with Gasteiger partial charge in [-0.1, -0.05) is 24.3 Å². The van der Waals surface area contributed by atoms with Crippen LogP contribution in [0.1, 0.15) is 12.5 Å². The first-order valence-corrected chi connectivity index (χ1v) is 4.04. The Morgan fingerprint density at radius 2 is 1.85 bits per heavy atom. The number of carbonyl (C=O) groups excluding carboxylic acids is 1. The molecule has 0 atom stereocenters. The van der Waals surface area contributed by atoms with E-state index in [1.807, 2.05) is 0 Å². The van der Waals surface area contributed by atoms with Crippen molar-refractivity contribution in [1.29, 1.82) is 0 Å². The van der Waals surface area contributed by atoms with Gasteiger partial charge in [-0.15, -0.1) is 0 Å². The van der Waals surface area contributed by atoms with Crippen molar-refractivity contribution in [2.45, 2.75) is 13.3 Å². The van der Waals surface area contributed by atoms with E-state index in [2.05, 4.69) is 0 Å². The van der Waals surface area contributed by atoms with Crippen LogP contribution in [-0.4, -0.2) is 22.9 Å². The van der Waals surface area contributed by atoms with Crippen LogP contribution < -0.4 is 5.46 Å². The van der Waals surface area contributed by atoms with Crippen LogP contribution in [0.2, 0.25) is 0 Å². The zero-order chi connectivity index (χ0) is 9.84. The van der Waals surface area contributed by atoms with Crippen LogP contribution in [0.25, 0.3) is 0 Å². The van der Waals surface area contributed by atoms with Gasteiger partial charge in [0.25, 0.3) is 0 Å². The third kappa shape index (κ3) is 3.01. The van der Waals surface area contributed by atoms with Gasteiger partial charge in [-0.05, 0) is 17.9 Å². The summed E-state index contributed by atoms with van der Waals surface area (Å²) in [6, 6.07) is 6.64. The molecule has 1 aromatic rings. The Balaban J connectivity index is 2.75. The number of carbonyl (C=O) groups is 1. The van der Waals surface area contributed by atoms with Crippen LogP contribution in [0.15, 0.2) is 24.3 Å². The minimum absolute atomic E-state index is 0.0947. The van der Waals surface area contributed by atoms with Gasteiger partial charge in [0, 0.05) is 6.42 Å². The van der Waals surface area contributed by atoms with Gasteiger partial charge >= 0.3 is 7.12 Å². The third-order valence-electron chi connectivity index (χ3n) is 1.73. The van der Waals surface area contributed by atoms with Crippen molar-refractivity contribution in [3.05, 3.63) is 29.8 Å². The predicted molar refractivity (Wildman–Crippen MR) is 50.7 cm³/mol. The zero-order valence-corrected chi connectivity index (χ0v) is 7.40. The fourth-order valence-corrected chi connectivity index (χ4v) is 1.10. The van der Waals surface area contributed by atoms with Gasteiger partial charge < -0.3 is 10.0 Å². The van der Waals surface area contributed by atoms with Crippen LogP contribution in [0, 0.1) is 0 Å². The molecule has 1 aromatic carbocycles. The summed E-state index contributed by atoms with van der Waals surface area (Å²) in [4.78, 5) is 10.7. The molecule has 0 saturated carbocycles. The lowest BCUT2D eigenvalue weighted by Gasteiger charge is -2.00. The highest BCUT2D eigenvalue weighted by atomic mass is 16.4. The van der Waals surface area contributed by atoms with Crippen molar-refractivity contribution in [1.82, 2.24) is 0 Å². The minimum Gasteiger partial charge on any atom is -0.423 e. The molecule has 0 saturated heterocycles. The van der Waals surface area contributed by atoms with Crippen molar-refractivity contribution < 1.29 is 14.8 Å². The number of hydrogen-bond donors (Lipinski definition) is 2. The SMILES string of the molecule is CC(=O)Cc1ccc(B(O)O)cc1. The van der Waals surface area contributed by atoms with Crippen LogP contribution in [0.4, 0.5) is 0 Å². The monoisotopic (exact) mass is 178 g/mol. The summed E-state index contributed by atoms with van der Waals surface area (Å²) in [6.45, 7) is 1.52. The van der Waals surface area contributed by atoms with Crippen molar-refractivity contribution in [2.75, 3.05) is 0 Å². The van der Waals surface area contributed by atoms with Crippen LogP contribution in [-0.2, 0) is 11.2 Å². The fourth-order valence-electron chi connectivity index (χ4n) is 1.10. The maximum Gasteiger partial charge on any atom is 0.488 e. The van der Waals surface area contributed by atoms with Gasteiger partial charge in [-0.25, -0.2) is 0 Å². The molecular weight excluding hydrogens is 167 g/mol. The molecule has 0 aliphatic heterocycles. The van der Waals surface area contributed by atoms with E-state index >= 15 is 0 Å². The van der Waals surface area contributed by atoms with Crippen molar-refractivity contribution >= 4 is 18.4 Å². The van der Waals surface area contributed by atoms with Crippen molar-refractivity contribution in [2.24, 2.45) is 0 Å². The molecule has 0 heterocycles. The Bertz CT molecular complexity index is 292. The molecular formula is C9H11BO3. The fraction of sp³-hybridized carbons (Fsp3) is 0.222. The molecule has 0 bridgehead atoms. The second-order valence-electron chi connectivity index (χ2n) is 2.99. The number of rotatable bonds is 3. The van der Waals surface area contributed by atoms with E-state index in [1.54, 1.807) is 24.3 Å². The van der Waals surface area contributed by atoms with E-state index < -0.39 is 7.12 Å². The standard InChI is InChI=1S/C9H11BO3/c1-7(11)6-8-2-4-9(5-3-8)10(12)13/h2-5,12-13H,6H2,1H3. The maximum atomic E-state index is 10.7. The quantitative estimate of drug-likeness (QED) is 0.613. The molecule has 13 heavy (non-hydrogen) atoms. The molecule has 0 aromatic heterocycles. The van der Waals surface area contributed by atoms with Gasteiger partial charge in [-0.2, -0.15) is 0 Å².